The monoisotopic (exact) mass is 245 g/mol. The molecule has 3 rings (SSSR count). The topological polar surface area (TPSA) is 58.4 Å². The number of urea groups is 1. The smallest absolute Gasteiger partial charge is 0.318 e. The number of hydrogen-bond donors (Lipinski definition) is 2. The molecule has 1 heterocycles. The van der Waals surface area contributed by atoms with Crippen molar-refractivity contribution in [1.82, 2.24) is 10.2 Å². The minimum atomic E-state index is 0.00551. The van der Waals surface area contributed by atoms with Gasteiger partial charge in [-0.1, -0.05) is 18.2 Å². The van der Waals surface area contributed by atoms with Gasteiger partial charge in [0.15, 0.2) is 0 Å². The lowest BCUT2D eigenvalue weighted by Gasteiger charge is -2.13. The molecule has 4 nitrogen and oxygen atoms in total. The first kappa shape index (κ1) is 11.5. The van der Waals surface area contributed by atoms with Crippen LogP contribution >= 0.6 is 0 Å². The fourth-order valence-electron chi connectivity index (χ4n) is 2.94. The SMILES string of the molecule is NCCN1CC(c2ccc3c(c2)CCC3)NC1=O. The maximum absolute atomic E-state index is 11.7. The third-order valence-electron chi connectivity index (χ3n) is 3.91. The Kier molecular flexibility index (Phi) is 2.96. The number of nitrogens with zero attached hydrogens (tertiary/aromatic N) is 1. The average Bonchev–Trinajstić information content (AvgIpc) is 2.96. The molecule has 0 bridgehead atoms. The summed E-state index contributed by atoms with van der Waals surface area (Å²) >= 11 is 0. The fourth-order valence-corrected chi connectivity index (χ4v) is 2.94. The summed E-state index contributed by atoms with van der Waals surface area (Å²) < 4.78 is 0. The van der Waals surface area contributed by atoms with Crippen LogP contribution in [0.25, 0.3) is 0 Å². The van der Waals surface area contributed by atoms with Crippen molar-refractivity contribution in [3.8, 4) is 0 Å². The molecular weight excluding hydrogens is 226 g/mol. The maximum atomic E-state index is 11.7. The molecule has 18 heavy (non-hydrogen) atoms. The minimum absolute atomic E-state index is 0.00551. The number of fused-ring (bicyclic) bond motifs is 1. The highest BCUT2D eigenvalue weighted by Gasteiger charge is 2.29. The van der Waals surface area contributed by atoms with Crippen LogP contribution in [0.1, 0.15) is 29.2 Å². The van der Waals surface area contributed by atoms with E-state index in [0.717, 1.165) is 6.54 Å². The first-order chi connectivity index (χ1) is 8.78. The van der Waals surface area contributed by atoms with Crippen LogP contribution in [0.3, 0.4) is 0 Å². The number of hydrogen-bond acceptors (Lipinski definition) is 2. The van der Waals surface area contributed by atoms with E-state index in [0.29, 0.717) is 13.1 Å². The summed E-state index contributed by atoms with van der Waals surface area (Å²) in [5.74, 6) is 0. The van der Waals surface area contributed by atoms with Crippen molar-refractivity contribution in [2.24, 2.45) is 5.73 Å². The summed E-state index contributed by atoms with van der Waals surface area (Å²) in [4.78, 5) is 13.5. The van der Waals surface area contributed by atoms with E-state index < -0.39 is 0 Å². The van der Waals surface area contributed by atoms with Crippen molar-refractivity contribution in [1.29, 1.82) is 0 Å². The van der Waals surface area contributed by atoms with Crippen LogP contribution in [-0.2, 0) is 12.8 Å². The van der Waals surface area contributed by atoms with Crippen molar-refractivity contribution in [2.45, 2.75) is 25.3 Å². The van der Waals surface area contributed by atoms with Gasteiger partial charge in [-0.25, -0.2) is 4.79 Å². The standard InChI is InChI=1S/C14H19N3O/c15-6-7-17-9-13(16-14(17)18)12-5-4-10-2-1-3-11(10)8-12/h4-5,8,13H,1-3,6-7,9,15H2,(H,16,18). The van der Waals surface area contributed by atoms with Gasteiger partial charge in [-0.3, -0.25) is 0 Å². The first-order valence-electron chi connectivity index (χ1n) is 6.65. The summed E-state index contributed by atoms with van der Waals surface area (Å²) in [6, 6.07) is 6.76. The molecule has 2 amide bonds. The molecule has 0 spiro atoms. The van der Waals surface area contributed by atoms with Crippen LogP contribution in [0.15, 0.2) is 18.2 Å². The Bertz CT molecular complexity index is 472. The fraction of sp³-hybridized carbons (Fsp3) is 0.500. The lowest BCUT2D eigenvalue weighted by Crippen LogP contribution is -2.32. The summed E-state index contributed by atoms with van der Waals surface area (Å²) in [6.45, 7) is 1.88. The average molecular weight is 245 g/mol. The van der Waals surface area contributed by atoms with E-state index in [1.165, 1.54) is 36.0 Å². The molecule has 1 aromatic carbocycles. The summed E-state index contributed by atoms with van der Waals surface area (Å²) in [5.41, 5.74) is 9.66. The highest BCUT2D eigenvalue weighted by atomic mass is 16.2. The van der Waals surface area contributed by atoms with Gasteiger partial charge in [-0.05, 0) is 36.0 Å². The highest BCUT2D eigenvalue weighted by Crippen LogP contribution is 2.27. The maximum Gasteiger partial charge on any atom is 0.318 e. The summed E-state index contributed by atoms with van der Waals surface area (Å²) in [7, 11) is 0. The Balaban J connectivity index is 1.78. The van der Waals surface area contributed by atoms with Gasteiger partial charge in [0.25, 0.3) is 0 Å². The van der Waals surface area contributed by atoms with Gasteiger partial charge in [0, 0.05) is 19.6 Å². The Morgan fingerprint density at radius 1 is 1.33 bits per heavy atom. The third kappa shape index (κ3) is 1.97. The van der Waals surface area contributed by atoms with E-state index in [2.05, 4.69) is 23.5 Å². The zero-order chi connectivity index (χ0) is 12.5. The minimum Gasteiger partial charge on any atom is -0.329 e. The van der Waals surface area contributed by atoms with E-state index in [4.69, 9.17) is 5.73 Å². The van der Waals surface area contributed by atoms with E-state index in [1.807, 2.05) is 0 Å². The van der Waals surface area contributed by atoms with Crippen LogP contribution in [0.4, 0.5) is 4.79 Å². The zero-order valence-corrected chi connectivity index (χ0v) is 10.5. The normalized spacial score (nSPS) is 22.2. The van der Waals surface area contributed by atoms with Gasteiger partial charge in [-0.2, -0.15) is 0 Å². The van der Waals surface area contributed by atoms with Crippen molar-refractivity contribution in [3.05, 3.63) is 34.9 Å². The van der Waals surface area contributed by atoms with Gasteiger partial charge in [0.2, 0.25) is 0 Å². The van der Waals surface area contributed by atoms with Gasteiger partial charge < -0.3 is 16.0 Å². The number of amides is 2. The van der Waals surface area contributed by atoms with E-state index in [-0.39, 0.29) is 12.1 Å². The van der Waals surface area contributed by atoms with Crippen molar-refractivity contribution in [3.63, 3.8) is 0 Å². The molecule has 1 aliphatic carbocycles. The molecule has 0 saturated carbocycles. The molecule has 1 saturated heterocycles. The lowest BCUT2D eigenvalue weighted by molar-refractivity contribution is 0.218. The molecule has 1 aromatic rings. The molecule has 0 radical (unpaired) electrons. The van der Waals surface area contributed by atoms with Crippen LogP contribution in [0, 0.1) is 0 Å². The zero-order valence-electron chi connectivity index (χ0n) is 10.5. The Morgan fingerprint density at radius 2 is 2.17 bits per heavy atom. The number of nitrogens with two attached hydrogens (primary N) is 1. The van der Waals surface area contributed by atoms with Gasteiger partial charge in [0.05, 0.1) is 6.04 Å². The number of aryl methyl sites for hydroxylation is 2. The van der Waals surface area contributed by atoms with Crippen LogP contribution in [0.5, 0.6) is 0 Å². The Morgan fingerprint density at radius 3 is 3.00 bits per heavy atom. The predicted octanol–water partition coefficient (Wildman–Crippen LogP) is 1.20. The molecule has 2 aliphatic rings. The first-order valence-corrected chi connectivity index (χ1v) is 6.65. The second-order valence-electron chi connectivity index (χ2n) is 5.12. The van der Waals surface area contributed by atoms with Crippen molar-refractivity contribution in [2.75, 3.05) is 19.6 Å². The molecule has 0 aromatic heterocycles. The second-order valence-corrected chi connectivity index (χ2v) is 5.12. The summed E-state index contributed by atoms with van der Waals surface area (Å²) in [5, 5.41) is 3.03. The van der Waals surface area contributed by atoms with Crippen LogP contribution < -0.4 is 11.1 Å². The lowest BCUT2D eigenvalue weighted by atomic mass is 10.0. The Hall–Kier alpha value is -1.55. The molecule has 4 heteroatoms. The van der Waals surface area contributed by atoms with Crippen molar-refractivity contribution >= 4 is 6.03 Å². The van der Waals surface area contributed by atoms with E-state index in [1.54, 1.807) is 4.90 Å². The largest absolute Gasteiger partial charge is 0.329 e. The third-order valence-corrected chi connectivity index (χ3v) is 3.91. The molecule has 1 atom stereocenters. The van der Waals surface area contributed by atoms with Crippen molar-refractivity contribution < 1.29 is 4.79 Å². The highest BCUT2D eigenvalue weighted by molar-refractivity contribution is 5.77. The number of carbonyl (C=O) groups is 1. The predicted molar refractivity (Wildman–Crippen MR) is 70.4 cm³/mol. The summed E-state index contributed by atoms with van der Waals surface area (Å²) in [6.07, 6.45) is 3.64. The number of benzene rings is 1. The quantitative estimate of drug-likeness (QED) is 0.840. The van der Waals surface area contributed by atoms with Crippen LogP contribution in [-0.4, -0.2) is 30.6 Å². The number of carbonyl (C=O) groups excluding carboxylic acids is 1. The molecule has 1 fully saturated rings. The molecule has 96 valence electrons. The second kappa shape index (κ2) is 4.61. The number of rotatable bonds is 3. The molecule has 1 aliphatic heterocycles. The molecule has 3 N–H and O–H groups in total. The molecule has 1 unspecified atom stereocenters. The van der Waals surface area contributed by atoms with E-state index in [9.17, 15) is 4.79 Å². The molecular formula is C14H19N3O. The van der Waals surface area contributed by atoms with Gasteiger partial charge in [-0.15, -0.1) is 0 Å². The Labute approximate surface area is 107 Å². The number of nitrogens with one attached hydrogen (secondary N) is 1. The van der Waals surface area contributed by atoms with Gasteiger partial charge >= 0.3 is 6.03 Å². The van der Waals surface area contributed by atoms with Gasteiger partial charge in [0.1, 0.15) is 0 Å². The van der Waals surface area contributed by atoms with E-state index >= 15 is 0 Å². The van der Waals surface area contributed by atoms with Crippen LogP contribution in [0.2, 0.25) is 0 Å².